The fourth-order valence-electron chi connectivity index (χ4n) is 1.48. The Morgan fingerprint density at radius 3 is 1.67 bits per heavy atom. The van der Waals surface area contributed by atoms with Crippen LogP contribution in [0.4, 0.5) is 0 Å². The molecule has 0 rings (SSSR count). The fraction of sp³-hybridized carbons (Fsp3) is 0.909. The van der Waals surface area contributed by atoms with Crippen molar-refractivity contribution in [2.24, 2.45) is 5.92 Å². The van der Waals surface area contributed by atoms with Gasteiger partial charge in [0.25, 0.3) is 0 Å². The molecule has 1 atom stereocenters. The summed E-state index contributed by atoms with van der Waals surface area (Å²) in [5.74, 6) is 0.574. The van der Waals surface area contributed by atoms with Gasteiger partial charge in [-0.05, 0) is 46.6 Å². The topological polar surface area (TPSA) is 3.24 Å². The fourth-order valence-corrected chi connectivity index (χ4v) is 1.48. The van der Waals surface area contributed by atoms with Crippen LogP contribution in [-0.4, -0.2) is 23.5 Å². The maximum Gasteiger partial charge on any atom is 0.00412 e. The third-order valence-corrected chi connectivity index (χ3v) is 2.21. The lowest BCUT2D eigenvalue weighted by molar-refractivity contribution is 0.167. The van der Waals surface area contributed by atoms with Gasteiger partial charge in [-0.3, -0.25) is 4.90 Å². The highest BCUT2D eigenvalue weighted by Gasteiger charge is 2.12. The molecule has 0 bridgehead atoms. The molecule has 12 heavy (non-hydrogen) atoms. The van der Waals surface area contributed by atoms with Gasteiger partial charge in [-0.1, -0.05) is 13.8 Å². The van der Waals surface area contributed by atoms with Gasteiger partial charge in [0.05, 0.1) is 0 Å². The molecule has 1 heteroatoms. The first-order chi connectivity index (χ1) is 5.45. The Morgan fingerprint density at radius 2 is 1.42 bits per heavy atom. The van der Waals surface area contributed by atoms with Crippen molar-refractivity contribution in [2.75, 3.05) is 6.54 Å². The van der Waals surface area contributed by atoms with Crippen molar-refractivity contribution in [3.63, 3.8) is 0 Å². The third-order valence-electron chi connectivity index (χ3n) is 2.21. The van der Waals surface area contributed by atoms with Crippen LogP contribution in [0.25, 0.3) is 0 Å². The van der Waals surface area contributed by atoms with E-state index in [0.29, 0.717) is 18.0 Å². The Bertz CT molecular complexity index is 97.6. The van der Waals surface area contributed by atoms with Crippen LogP contribution in [0.2, 0.25) is 0 Å². The summed E-state index contributed by atoms with van der Waals surface area (Å²) in [6.07, 6.45) is 1.20. The Labute approximate surface area is 78.1 Å². The molecule has 0 aromatic heterocycles. The average Bonchev–Trinajstić information content (AvgIpc) is 1.84. The molecule has 0 heterocycles. The van der Waals surface area contributed by atoms with E-state index in [2.05, 4.69) is 46.4 Å². The Balaban J connectivity index is 3.80. The standard InChI is InChI=1S/C11H24N/c1-9(2)7-8-12(10(3)4)11(5)6/h9-11H,1,7-8H2,2-6H3. The quantitative estimate of drug-likeness (QED) is 0.613. The zero-order valence-electron chi connectivity index (χ0n) is 9.30. The van der Waals surface area contributed by atoms with Crippen molar-refractivity contribution < 1.29 is 0 Å². The van der Waals surface area contributed by atoms with E-state index in [1.807, 2.05) is 0 Å². The summed E-state index contributed by atoms with van der Waals surface area (Å²) in [6.45, 7) is 16.4. The third kappa shape index (κ3) is 4.76. The van der Waals surface area contributed by atoms with Crippen molar-refractivity contribution in [1.29, 1.82) is 0 Å². The lowest BCUT2D eigenvalue weighted by Crippen LogP contribution is -2.38. The highest BCUT2D eigenvalue weighted by molar-refractivity contribution is 4.68. The lowest BCUT2D eigenvalue weighted by Gasteiger charge is -2.31. The first kappa shape index (κ1) is 12.0. The molecular weight excluding hydrogens is 146 g/mol. The minimum Gasteiger partial charge on any atom is -0.299 e. The van der Waals surface area contributed by atoms with Crippen LogP contribution in [0.1, 0.15) is 41.0 Å². The Morgan fingerprint density at radius 1 is 1.00 bits per heavy atom. The van der Waals surface area contributed by atoms with E-state index in [1.54, 1.807) is 0 Å². The lowest BCUT2D eigenvalue weighted by atomic mass is 10.1. The highest BCUT2D eigenvalue weighted by atomic mass is 15.2. The summed E-state index contributed by atoms with van der Waals surface area (Å²) in [5, 5.41) is 0. The summed E-state index contributed by atoms with van der Waals surface area (Å²) in [7, 11) is 0. The zero-order valence-corrected chi connectivity index (χ0v) is 9.30. The largest absolute Gasteiger partial charge is 0.299 e. The first-order valence-corrected chi connectivity index (χ1v) is 5.04. The van der Waals surface area contributed by atoms with Gasteiger partial charge in [0.1, 0.15) is 0 Å². The van der Waals surface area contributed by atoms with Crippen molar-refractivity contribution in [2.45, 2.75) is 53.1 Å². The van der Waals surface area contributed by atoms with E-state index in [1.165, 1.54) is 13.0 Å². The molecule has 1 nitrogen and oxygen atoms in total. The molecule has 0 saturated carbocycles. The number of hydrogen-bond acceptors (Lipinski definition) is 1. The van der Waals surface area contributed by atoms with E-state index >= 15 is 0 Å². The number of rotatable bonds is 5. The molecule has 0 aliphatic rings. The predicted molar refractivity (Wildman–Crippen MR) is 56.1 cm³/mol. The van der Waals surface area contributed by atoms with Gasteiger partial charge in [-0.15, -0.1) is 0 Å². The predicted octanol–water partition coefficient (Wildman–Crippen LogP) is 2.97. The minimum atomic E-state index is 0.574. The van der Waals surface area contributed by atoms with Crippen molar-refractivity contribution in [3.05, 3.63) is 6.92 Å². The number of nitrogens with zero attached hydrogens (tertiary/aromatic N) is 1. The molecule has 0 fully saturated rings. The molecule has 0 amide bonds. The molecule has 0 saturated heterocycles. The van der Waals surface area contributed by atoms with Crippen molar-refractivity contribution in [3.8, 4) is 0 Å². The Hall–Kier alpha value is -0.0400. The van der Waals surface area contributed by atoms with Crippen LogP contribution in [0, 0.1) is 12.8 Å². The molecular formula is C11H24N. The average molecular weight is 170 g/mol. The summed E-state index contributed by atoms with van der Waals surface area (Å²) < 4.78 is 0. The summed E-state index contributed by atoms with van der Waals surface area (Å²) >= 11 is 0. The van der Waals surface area contributed by atoms with Crippen molar-refractivity contribution >= 4 is 0 Å². The molecule has 1 radical (unpaired) electrons. The van der Waals surface area contributed by atoms with Gasteiger partial charge in [0.15, 0.2) is 0 Å². The maximum absolute atomic E-state index is 4.00. The van der Waals surface area contributed by atoms with E-state index in [9.17, 15) is 0 Å². The van der Waals surface area contributed by atoms with Crippen LogP contribution >= 0.6 is 0 Å². The van der Waals surface area contributed by atoms with Crippen LogP contribution in [0.3, 0.4) is 0 Å². The zero-order chi connectivity index (χ0) is 9.72. The monoisotopic (exact) mass is 170 g/mol. The SMILES string of the molecule is [CH2]C(C)CCN(C(C)C)C(C)C. The van der Waals surface area contributed by atoms with Gasteiger partial charge in [0.2, 0.25) is 0 Å². The van der Waals surface area contributed by atoms with E-state index in [4.69, 9.17) is 0 Å². The van der Waals surface area contributed by atoms with Gasteiger partial charge in [-0.25, -0.2) is 0 Å². The highest BCUT2D eigenvalue weighted by Crippen LogP contribution is 2.08. The van der Waals surface area contributed by atoms with Gasteiger partial charge >= 0.3 is 0 Å². The van der Waals surface area contributed by atoms with Crippen LogP contribution < -0.4 is 0 Å². The molecule has 0 N–H and O–H groups in total. The maximum atomic E-state index is 4.00. The molecule has 1 unspecified atom stereocenters. The van der Waals surface area contributed by atoms with Crippen LogP contribution in [0.15, 0.2) is 0 Å². The van der Waals surface area contributed by atoms with Gasteiger partial charge in [0, 0.05) is 12.1 Å². The summed E-state index contributed by atoms with van der Waals surface area (Å²) in [6, 6.07) is 1.31. The van der Waals surface area contributed by atoms with Crippen molar-refractivity contribution in [1.82, 2.24) is 4.90 Å². The first-order valence-electron chi connectivity index (χ1n) is 5.04. The summed E-state index contributed by atoms with van der Waals surface area (Å²) in [4.78, 5) is 2.52. The molecule has 73 valence electrons. The molecule has 0 aliphatic carbocycles. The van der Waals surface area contributed by atoms with Crippen LogP contribution in [0.5, 0.6) is 0 Å². The second kappa shape index (κ2) is 5.58. The molecule has 0 spiro atoms. The number of hydrogen-bond donors (Lipinski definition) is 0. The molecule has 0 aromatic carbocycles. The Kier molecular flexibility index (Phi) is 5.56. The molecule has 0 aromatic rings. The van der Waals surface area contributed by atoms with E-state index < -0.39 is 0 Å². The minimum absolute atomic E-state index is 0.574. The normalized spacial score (nSPS) is 12.5. The second-order valence-corrected chi connectivity index (χ2v) is 4.32. The van der Waals surface area contributed by atoms with Crippen LogP contribution in [-0.2, 0) is 0 Å². The summed E-state index contributed by atoms with van der Waals surface area (Å²) in [5.41, 5.74) is 0. The van der Waals surface area contributed by atoms with Gasteiger partial charge < -0.3 is 0 Å². The van der Waals surface area contributed by atoms with E-state index in [-0.39, 0.29) is 0 Å². The smallest absolute Gasteiger partial charge is 0.00412 e. The van der Waals surface area contributed by atoms with E-state index in [0.717, 1.165) is 0 Å². The molecule has 0 aliphatic heterocycles. The van der Waals surface area contributed by atoms with Gasteiger partial charge in [-0.2, -0.15) is 0 Å². The second-order valence-electron chi connectivity index (χ2n) is 4.32.